The first-order valence-corrected chi connectivity index (χ1v) is 6.43. The molecule has 0 aliphatic carbocycles. The van der Waals surface area contributed by atoms with E-state index in [4.69, 9.17) is 9.47 Å². The molecule has 0 aromatic heterocycles. The Balaban J connectivity index is 2.46. The zero-order chi connectivity index (χ0) is 11.7. The highest BCUT2D eigenvalue weighted by molar-refractivity contribution is 7.85. The quantitative estimate of drug-likeness (QED) is 0.774. The van der Waals surface area contributed by atoms with Crippen molar-refractivity contribution in [1.82, 2.24) is 0 Å². The fourth-order valence-electron chi connectivity index (χ4n) is 1.67. The standard InChI is InChI=1S/C11H12O4S/c1-14-8-5-3-4-7-10(12)9(16(2)13)6-15-11(7)8/h3-5,9H,6H2,1-2H3. The molecule has 0 spiro atoms. The molecule has 1 heterocycles. The Morgan fingerprint density at radius 3 is 2.88 bits per heavy atom. The van der Waals surface area contributed by atoms with E-state index in [0.717, 1.165) is 0 Å². The molecule has 1 aromatic rings. The Bertz CT molecular complexity index is 455. The van der Waals surface area contributed by atoms with E-state index in [-0.39, 0.29) is 12.4 Å². The first-order valence-electron chi connectivity index (χ1n) is 4.81. The lowest BCUT2D eigenvalue weighted by Gasteiger charge is -2.23. The number of hydrogen-bond donors (Lipinski definition) is 0. The van der Waals surface area contributed by atoms with Crippen LogP contribution in [-0.2, 0) is 10.8 Å². The first-order chi connectivity index (χ1) is 7.65. The van der Waals surface area contributed by atoms with E-state index in [2.05, 4.69) is 0 Å². The molecule has 1 aromatic carbocycles. The van der Waals surface area contributed by atoms with E-state index >= 15 is 0 Å². The number of hydrogen-bond acceptors (Lipinski definition) is 4. The van der Waals surface area contributed by atoms with Gasteiger partial charge < -0.3 is 9.47 Å². The van der Waals surface area contributed by atoms with Crippen molar-refractivity contribution in [2.75, 3.05) is 20.0 Å². The lowest BCUT2D eigenvalue weighted by molar-refractivity contribution is 0.0938. The molecule has 0 radical (unpaired) electrons. The van der Waals surface area contributed by atoms with Gasteiger partial charge in [-0.3, -0.25) is 9.00 Å². The van der Waals surface area contributed by atoms with Crippen molar-refractivity contribution in [3.63, 3.8) is 0 Å². The van der Waals surface area contributed by atoms with Gasteiger partial charge in [0.15, 0.2) is 17.3 Å². The van der Waals surface area contributed by atoms with Gasteiger partial charge in [-0.2, -0.15) is 0 Å². The fraction of sp³-hybridized carbons (Fsp3) is 0.364. The molecule has 5 heteroatoms. The summed E-state index contributed by atoms with van der Waals surface area (Å²) in [4.78, 5) is 12.0. The van der Waals surface area contributed by atoms with Crippen molar-refractivity contribution in [3.8, 4) is 11.5 Å². The van der Waals surface area contributed by atoms with Crippen LogP contribution in [0.5, 0.6) is 11.5 Å². The van der Waals surface area contributed by atoms with Crippen LogP contribution >= 0.6 is 0 Å². The van der Waals surface area contributed by atoms with Crippen LogP contribution in [-0.4, -0.2) is 35.2 Å². The summed E-state index contributed by atoms with van der Waals surface area (Å²) in [7, 11) is 0.308. The van der Waals surface area contributed by atoms with E-state index in [9.17, 15) is 9.00 Å². The molecule has 0 amide bonds. The van der Waals surface area contributed by atoms with Gasteiger partial charge in [0.05, 0.1) is 12.7 Å². The number of methoxy groups -OCH3 is 1. The minimum absolute atomic E-state index is 0.138. The van der Waals surface area contributed by atoms with Gasteiger partial charge in [-0.1, -0.05) is 6.07 Å². The van der Waals surface area contributed by atoms with E-state index in [0.29, 0.717) is 17.1 Å². The summed E-state index contributed by atoms with van der Waals surface area (Å²) in [6.45, 7) is 0.148. The predicted octanol–water partition coefficient (Wildman–Crippen LogP) is 1.02. The third-order valence-electron chi connectivity index (χ3n) is 2.54. The molecule has 0 bridgehead atoms. The number of para-hydroxylation sites is 1. The molecule has 2 atom stereocenters. The van der Waals surface area contributed by atoms with Crippen molar-refractivity contribution in [1.29, 1.82) is 0 Å². The molecule has 16 heavy (non-hydrogen) atoms. The Hall–Kier alpha value is -1.36. The van der Waals surface area contributed by atoms with Gasteiger partial charge in [-0.05, 0) is 12.1 Å². The molecule has 4 nitrogen and oxygen atoms in total. The minimum atomic E-state index is -1.21. The molecule has 0 saturated carbocycles. The van der Waals surface area contributed by atoms with Gasteiger partial charge in [-0.25, -0.2) is 0 Å². The second kappa shape index (κ2) is 4.25. The normalized spacial score (nSPS) is 20.9. The third-order valence-corrected chi connectivity index (χ3v) is 3.69. The van der Waals surface area contributed by atoms with Crippen LogP contribution in [0, 0.1) is 0 Å². The number of ketones is 1. The summed E-state index contributed by atoms with van der Waals surface area (Å²) < 4.78 is 21.9. The number of Topliss-reactive ketones (excluding diaryl/α,β-unsaturated/α-hetero) is 1. The molecule has 1 aliphatic heterocycles. The maximum atomic E-state index is 12.0. The van der Waals surface area contributed by atoms with Gasteiger partial charge >= 0.3 is 0 Å². The number of carbonyl (C=O) groups excluding carboxylic acids is 1. The second-order valence-electron chi connectivity index (χ2n) is 3.50. The summed E-state index contributed by atoms with van der Waals surface area (Å²) in [6, 6.07) is 5.12. The largest absolute Gasteiger partial charge is 0.493 e. The van der Waals surface area contributed by atoms with Crippen LogP contribution in [0.2, 0.25) is 0 Å². The molecule has 0 N–H and O–H groups in total. The maximum Gasteiger partial charge on any atom is 0.185 e. The summed E-state index contributed by atoms with van der Waals surface area (Å²) in [6.07, 6.45) is 1.51. The number of fused-ring (bicyclic) bond motifs is 1. The highest BCUT2D eigenvalue weighted by atomic mass is 32.2. The van der Waals surface area contributed by atoms with Crippen LogP contribution in [0.3, 0.4) is 0 Å². The van der Waals surface area contributed by atoms with Gasteiger partial charge in [0.2, 0.25) is 0 Å². The third kappa shape index (κ3) is 1.71. The summed E-state index contributed by atoms with van der Waals surface area (Å²) in [5.41, 5.74) is 0.450. The Morgan fingerprint density at radius 2 is 2.25 bits per heavy atom. The molecule has 1 aliphatic rings. The van der Waals surface area contributed by atoms with E-state index in [1.54, 1.807) is 18.2 Å². The first kappa shape index (κ1) is 11.1. The van der Waals surface area contributed by atoms with E-state index in [1.165, 1.54) is 13.4 Å². The number of ether oxygens (including phenoxy) is 2. The van der Waals surface area contributed by atoms with Crippen molar-refractivity contribution in [3.05, 3.63) is 23.8 Å². The van der Waals surface area contributed by atoms with E-state index in [1.807, 2.05) is 0 Å². The Kier molecular flexibility index (Phi) is 2.96. The molecule has 86 valence electrons. The number of carbonyl (C=O) groups is 1. The van der Waals surface area contributed by atoms with Crippen molar-refractivity contribution >= 4 is 16.6 Å². The SMILES string of the molecule is COc1cccc2c1OCC(S(C)=O)C2=O. The summed E-state index contributed by atoms with van der Waals surface area (Å²) >= 11 is 0. The molecule has 2 unspecified atom stereocenters. The summed E-state index contributed by atoms with van der Waals surface area (Å²) in [5, 5.41) is -0.570. The van der Waals surface area contributed by atoms with Gasteiger partial charge in [0, 0.05) is 17.1 Å². The predicted molar refractivity (Wildman–Crippen MR) is 60.7 cm³/mol. The second-order valence-corrected chi connectivity index (χ2v) is 5.07. The van der Waals surface area contributed by atoms with Crippen molar-refractivity contribution in [2.45, 2.75) is 5.25 Å². The lowest BCUT2D eigenvalue weighted by Crippen LogP contribution is -2.36. The molecule has 2 rings (SSSR count). The zero-order valence-electron chi connectivity index (χ0n) is 9.06. The van der Waals surface area contributed by atoms with Gasteiger partial charge in [-0.15, -0.1) is 0 Å². The zero-order valence-corrected chi connectivity index (χ0v) is 9.87. The molecular weight excluding hydrogens is 228 g/mol. The maximum absolute atomic E-state index is 12.0. The van der Waals surface area contributed by atoms with Crippen LogP contribution < -0.4 is 9.47 Å². The molecule has 0 fully saturated rings. The monoisotopic (exact) mass is 240 g/mol. The molecule has 0 saturated heterocycles. The minimum Gasteiger partial charge on any atom is -0.493 e. The topological polar surface area (TPSA) is 52.6 Å². The Morgan fingerprint density at radius 1 is 1.50 bits per heavy atom. The van der Waals surface area contributed by atoms with Crippen LogP contribution in [0.15, 0.2) is 18.2 Å². The number of rotatable bonds is 2. The van der Waals surface area contributed by atoms with Gasteiger partial charge in [0.25, 0.3) is 0 Å². The summed E-state index contributed by atoms with van der Waals surface area (Å²) in [5.74, 6) is 0.851. The van der Waals surface area contributed by atoms with E-state index < -0.39 is 16.0 Å². The lowest BCUT2D eigenvalue weighted by atomic mass is 10.0. The van der Waals surface area contributed by atoms with Crippen molar-refractivity contribution < 1.29 is 18.5 Å². The van der Waals surface area contributed by atoms with Gasteiger partial charge in [0.1, 0.15) is 11.9 Å². The number of benzene rings is 1. The van der Waals surface area contributed by atoms with Crippen molar-refractivity contribution in [2.24, 2.45) is 0 Å². The Labute approximate surface area is 96.0 Å². The average Bonchev–Trinajstić information content (AvgIpc) is 2.28. The highest BCUT2D eigenvalue weighted by Gasteiger charge is 2.33. The highest BCUT2D eigenvalue weighted by Crippen LogP contribution is 2.35. The van der Waals surface area contributed by atoms with Crippen LogP contribution in [0.1, 0.15) is 10.4 Å². The van der Waals surface area contributed by atoms with Crippen LogP contribution in [0.25, 0.3) is 0 Å². The average molecular weight is 240 g/mol. The fourth-order valence-corrected chi connectivity index (χ4v) is 2.36. The molecular formula is C11H12O4S. The smallest absolute Gasteiger partial charge is 0.185 e. The van der Waals surface area contributed by atoms with Crippen LogP contribution in [0.4, 0.5) is 0 Å².